The highest BCUT2D eigenvalue weighted by molar-refractivity contribution is 5.88. The normalized spacial score (nSPS) is 11.5. The minimum Gasteiger partial charge on any atom is -0.361 e. The maximum Gasteiger partial charge on any atom is 0.416 e. The first-order valence-corrected chi connectivity index (χ1v) is 6.97. The highest BCUT2D eigenvalue weighted by Crippen LogP contribution is 2.33. The van der Waals surface area contributed by atoms with Crippen molar-refractivity contribution in [3.8, 4) is 11.1 Å². The molecular formula is C17H16ClF3N2. The summed E-state index contributed by atoms with van der Waals surface area (Å²) in [5, 5.41) is 1.00. The average molecular weight is 341 g/mol. The largest absolute Gasteiger partial charge is 0.416 e. The van der Waals surface area contributed by atoms with Gasteiger partial charge in [0.2, 0.25) is 0 Å². The summed E-state index contributed by atoms with van der Waals surface area (Å²) < 4.78 is 38.5. The van der Waals surface area contributed by atoms with Crippen molar-refractivity contribution in [2.24, 2.45) is 5.73 Å². The molecule has 3 N–H and O–H groups in total. The van der Waals surface area contributed by atoms with Crippen molar-refractivity contribution < 1.29 is 13.2 Å². The van der Waals surface area contributed by atoms with E-state index in [9.17, 15) is 13.2 Å². The molecule has 0 saturated carbocycles. The second kappa shape index (κ2) is 6.64. The molecule has 6 heteroatoms. The van der Waals surface area contributed by atoms with Crippen molar-refractivity contribution in [3.05, 3.63) is 59.8 Å². The van der Waals surface area contributed by atoms with E-state index in [2.05, 4.69) is 4.98 Å². The van der Waals surface area contributed by atoms with Gasteiger partial charge >= 0.3 is 6.18 Å². The molecule has 0 amide bonds. The summed E-state index contributed by atoms with van der Waals surface area (Å²) in [4.78, 5) is 3.15. The number of halogens is 4. The zero-order chi connectivity index (χ0) is 15.7. The Morgan fingerprint density at radius 1 is 1.00 bits per heavy atom. The number of nitrogens with one attached hydrogen (secondary N) is 1. The van der Waals surface area contributed by atoms with Crippen molar-refractivity contribution in [2.75, 3.05) is 6.54 Å². The van der Waals surface area contributed by atoms with Crippen LogP contribution in [0.25, 0.3) is 22.0 Å². The summed E-state index contributed by atoms with van der Waals surface area (Å²) in [6.07, 6.45) is -1.71. The lowest BCUT2D eigenvalue weighted by Gasteiger charge is -2.09. The van der Waals surface area contributed by atoms with Gasteiger partial charge in [0.25, 0.3) is 0 Å². The third-order valence-corrected chi connectivity index (χ3v) is 3.70. The van der Waals surface area contributed by atoms with Gasteiger partial charge in [-0.15, -0.1) is 12.4 Å². The van der Waals surface area contributed by atoms with Crippen molar-refractivity contribution in [1.29, 1.82) is 0 Å². The van der Waals surface area contributed by atoms with Crippen molar-refractivity contribution in [2.45, 2.75) is 12.6 Å². The van der Waals surface area contributed by atoms with Gasteiger partial charge in [-0.25, -0.2) is 0 Å². The molecule has 0 unspecified atom stereocenters. The summed E-state index contributed by atoms with van der Waals surface area (Å²) in [6, 6.07) is 11.0. The van der Waals surface area contributed by atoms with Gasteiger partial charge in [-0.3, -0.25) is 0 Å². The van der Waals surface area contributed by atoms with E-state index in [1.54, 1.807) is 6.07 Å². The van der Waals surface area contributed by atoms with Gasteiger partial charge < -0.3 is 10.7 Å². The number of nitrogens with two attached hydrogens (primary N) is 1. The predicted molar refractivity (Wildman–Crippen MR) is 88.7 cm³/mol. The van der Waals surface area contributed by atoms with Crippen LogP contribution in [0.15, 0.2) is 48.7 Å². The fraction of sp³-hybridized carbons (Fsp3) is 0.176. The highest BCUT2D eigenvalue weighted by atomic mass is 35.5. The lowest BCUT2D eigenvalue weighted by atomic mass is 10.00. The molecule has 23 heavy (non-hydrogen) atoms. The number of H-pyrrole nitrogens is 1. The van der Waals surface area contributed by atoms with Gasteiger partial charge in [0.05, 0.1) is 5.56 Å². The summed E-state index contributed by atoms with van der Waals surface area (Å²) in [7, 11) is 0. The zero-order valence-corrected chi connectivity index (χ0v) is 13.0. The second-order valence-electron chi connectivity index (χ2n) is 5.19. The van der Waals surface area contributed by atoms with Gasteiger partial charge in [0.15, 0.2) is 0 Å². The number of benzene rings is 2. The zero-order valence-electron chi connectivity index (χ0n) is 12.2. The molecule has 0 fully saturated rings. The molecule has 0 aliphatic rings. The van der Waals surface area contributed by atoms with Crippen molar-refractivity contribution in [1.82, 2.24) is 4.98 Å². The van der Waals surface area contributed by atoms with Crippen molar-refractivity contribution >= 4 is 23.3 Å². The Morgan fingerprint density at radius 2 is 1.74 bits per heavy atom. The fourth-order valence-corrected chi connectivity index (χ4v) is 2.60. The minimum atomic E-state index is -4.33. The maximum absolute atomic E-state index is 12.8. The molecule has 3 rings (SSSR count). The summed E-state index contributed by atoms with van der Waals surface area (Å²) in [6.45, 7) is 0.529. The first-order valence-electron chi connectivity index (χ1n) is 6.97. The molecule has 0 aliphatic carbocycles. The Kier molecular flexibility index (Phi) is 5.02. The van der Waals surface area contributed by atoms with Gasteiger partial charge in [0.1, 0.15) is 0 Å². The van der Waals surface area contributed by atoms with Crippen LogP contribution < -0.4 is 5.73 Å². The molecular weight excluding hydrogens is 325 g/mol. The van der Waals surface area contributed by atoms with Crippen LogP contribution in [0.5, 0.6) is 0 Å². The first-order chi connectivity index (χ1) is 10.5. The monoisotopic (exact) mass is 340 g/mol. The maximum atomic E-state index is 12.8. The molecule has 0 atom stereocenters. The fourth-order valence-electron chi connectivity index (χ4n) is 2.60. The highest BCUT2D eigenvalue weighted by Gasteiger charge is 2.30. The number of aromatic nitrogens is 1. The molecule has 122 valence electrons. The van der Waals surface area contributed by atoms with Crippen LogP contribution in [0, 0.1) is 0 Å². The molecule has 2 aromatic carbocycles. The number of fused-ring (bicyclic) bond motifs is 1. The van der Waals surface area contributed by atoms with E-state index in [1.807, 2.05) is 24.4 Å². The lowest BCUT2D eigenvalue weighted by molar-refractivity contribution is -0.137. The Morgan fingerprint density at radius 3 is 2.43 bits per heavy atom. The van der Waals surface area contributed by atoms with E-state index in [0.717, 1.165) is 34.5 Å². The van der Waals surface area contributed by atoms with Crippen LogP contribution in [0.1, 0.15) is 11.1 Å². The molecule has 0 saturated heterocycles. The Labute approximate surface area is 137 Å². The molecule has 3 aromatic rings. The number of rotatable bonds is 3. The predicted octanol–water partition coefficient (Wildman–Crippen LogP) is 4.78. The molecule has 1 heterocycles. The van der Waals surface area contributed by atoms with E-state index in [1.165, 1.54) is 12.1 Å². The van der Waals surface area contributed by atoms with Gasteiger partial charge in [-0.2, -0.15) is 13.2 Å². The minimum absolute atomic E-state index is 0. The smallest absolute Gasteiger partial charge is 0.361 e. The lowest BCUT2D eigenvalue weighted by Crippen LogP contribution is -2.04. The number of hydrogen-bond acceptors (Lipinski definition) is 1. The van der Waals surface area contributed by atoms with Crippen LogP contribution in [0.4, 0.5) is 13.2 Å². The molecule has 0 radical (unpaired) electrons. The van der Waals surface area contributed by atoms with Crippen LogP contribution in [-0.4, -0.2) is 11.5 Å². The summed E-state index contributed by atoms with van der Waals surface area (Å²) in [5.41, 5.74) is 8.30. The Hall–Kier alpha value is -1.98. The van der Waals surface area contributed by atoms with Crippen LogP contribution >= 0.6 is 12.4 Å². The van der Waals surface area contributed by atoms with E-state index in [4.69, 9.17) is 5.73 Å². The van der Waals surface area contributed by atoms with E-state index < -0.39 is 11.7 Å². The number of alkyl halides is 3. The molecule has 2 nitrogen and oxygen atoms in total. The second-order valence-corrected chi connectivity index (χ2v) is 5.19. The van der Waals surface area contributed by atoms with E-state index >= 15 is 0 Å². The van der Waals surface area contributed by atoms with Crippen LogP contribution in [0.2, 0.25) is 0 Å². The number of hydrogen-bond donors (Lipinski definition) is 2. The van der Waals surface area contributed by atoms with Gasteiger partial charge in [0, 0.05) is 17.1 Å². The third kappa shape index (κ3) is 3.51. The first kappa shape index (κ1) is 17.4. The average Bonchev–Trinajstić information content (AvgIpc) is 2.89. The number of aromatic amines is 1. The van der Waals surface area contributed by atoms with E-state index in [0.29, 0.717) is 12.1 Å². The van der Waals surface area contributed by atoms with Crippen LogP contribution in [-0.2, 0) is 12.6 Å². The van der Waals surface area contributed by atoms with Crippen molar-refractivity contribution in [3.63, 3.8) is 0 Å². The standard InChI is InChI=1S/C17H15F3N2.ClH/c18-17(19,20)14-3-1-2-11(8-14)12-4-5-16-15(9-12)13(6-7-21)10-22-16;/h1-5,8-10,22H,6-7,21H2;1H. The topological polar surface area (TPSA) is 41.8 Å². The molecule has 0 bridgehead atoms. The SMILES string of the molecule is Cl.NCCc1c[nH]c2ccc(-c3cccc(C(F)(F)F)c3)cc12. The molecule has 0 aliphatic heterocycles. The van der Waals surface area contributed by atoms with Gasteiger partial charge in [-0.1, -0.05) is 18.2 Å². The Balaban J connectivity index is 0.00000192. The van der Waals surface area contributed by atoms with E-state index in [-0.39, 0.29) is 12.4 Å². The quantitative estimate of drug-likeness (QED) is 0.708. The Bertz CT molecular complexity index is 809. The van der Waals surface area contributed by atoms with Crippen LogP contribution in [0.3, 0.4) is 0 Å². The van der Waals surface area contributed by atoms with Gasteiger partial charge in [-0.05, 0) is 53.9 Å². The third-order valence-electron chi connectivity index (χ3n) is 3.70. The summed E-state index contributed by atoms with van der Waals surface area (Å²) >= 11 is 0. The molecule has 1 aromatic heterocycles. The summed E-state index contributed by atoms with van der Waals surface area (Å²) in [5.74, 6) is 0. The molecule has 0 spiro atoms.